The molecule has 0 heterocycles. The summed E-state index contributed by atoms with van der Waals surface area (Å²) in [5.41, 5.74) is 0. The molecule has 0 fully saturated rings. The molecule has 0 aromatic rings. The lowest BCUT2D eigenvalue weighted by Gasteiger charge is -2.08. The maximum Gasteiger partial charge on any atom is 0.328 e. The van der Waals surface area contributed by atoms with Gasteiger partial charge in [-0.3, -0.25) is 4.99 Å². The van der Waals surface area contributed by atoms with Crippen LogP contribution in [0.3, 0.4) is 0 Å². The van der Waals surface area contributed by atoms with Gasteiger partial charge in [-0.1, -0.05) is 13.8 Å². The number of carbonyl (C=O) groups is 1. The minimum absolute atomic E-state index is 0.0278. The topological polar surface area (TPSA) is 49.7 Å². The van der Waals surface area contributed by atoms with Crippen LogP contribution in [-0.2, 0) is 4.79 Å². The van der Waals surface area contributed by atoms with E-state index in [0.29, 0.717) is 0 Å². The molecule has 0 aliphatic rings. The number of rotatable bonds is 3. The van der Waals surface area contributed by atoms with E-state index in [1.807, 2.05) is 0 Å². The highest BCUT2D eigenvalue weighted by Gasteiger charge is 2.17. The monoisotopic (exact) mass is 129 g/mol. The minimum Gasteiger partial charge on any atom is -0.480 e. The van der Waals surface area contributed by atoms with Crippen LogP contribution >= 0.6 is 0 Å². The molecule has 0 aromatic carbocycles. The number of aliphatic imine (C=N–C) groups is 1. The van der Waals surface area contributed by atoms with Gasteiger partial charge < -0.3 is 5.11 Å². The average molecular weight is 129 g/mol. The van der Waals surface area contributed by atoms with Gasteiger partial charge >= 0.3 is 5.97 Å². The van der Waals surface area contributed by atoms with Crippen molar-refractivity contribution in [2.45, 2.75) is 19.9 Å². The normalized spacial score (nSPS) is 13.2. The predicted molar refractivity (Wildman–Crippen MR) is 35.8 cm³/mol. The van der Waals surface area contributed by atoms with Crippen molar-refractivity contribution in [3.05, 3.63) is 0 Å². The summed E-state index contributed by atoms with van der Waals surface area (Å²) in [6.07, 6.45) is 0. The van der Waals surface area contributed by atoms with Crippen molar-refractivity contribution in [3.63, 3.8) is 0 Å². The third-order valence-electron chi connectivity index (χ3n) is 1.08. The van der Waals surface area contributed by atoms with Crippen molar-refractivity contribution in [2.24, 2.45) is 10.9 Å². The third kappa shape index (κ3) is 2.26. The first-order valence-corrected chi connectivity index (χ1v) is 2.78. The molecule has 3 heteroatoms. The second kappa shape index (κ2) is 3.22. The van der Waals surface area contributed by atoms with Gasteiger partial charge in [-0.2, -0.15) is 0 Å². The van der Waals surface area contributed by atoms with Gasteiger partial charge in [0.25, 0.3) is 0 Å². The Hall–Kier alpha value is -0.860. The summed E-state index contributed by atoms with van der Waals surface area (Å²) in [5, 5.41) is 8.41. The van der Waals surface area contributed by atoms with Gasteiger partial charge in [-0.15, -0.1) is 0 Å². The van der Waals surface area contributed by atoms with Crippen LogP contribution in [0.1, 0.15) is 13.8 Å². The smallest absolute Gasteiger partial charge is 0.328 e. The molecule has 1 atom stereocenters. The number of hydrogen-bond acceptors (Lipinski definition) is 2. The Bertz CT molecular complexity index is 120. The van der Waals surface area contributed by atoms with E-state index in [2.05, 4.69) is 11.7 Å². The summed E-state index contributed by atoms with van der Waals surface area (Å²) in [6.45, 7) is 6.77. The van der Waals surface area contributed by atoms with Crippen LogP contribution in [0.5, 0.6) is 0 Å². The van der Waals surface area contributed by atoms with Crippen molar-refractivity contribution in [1.82, 2.24) is 0 Å². The van der Waals surface area contributed by atoms with Crippen molar-refractivity contribution < 1.29 is 9.90 Å². The summed E-state index contributed by atoms with van der Waals surface area (Å²) in [4.78, 5) is 13.7. The Morgan fingerprint density at radius 3 is 2.11 bits per heavy atom. The molecule has 52 valence electrons. The van der Waals surface area contributed by atoms with E-state index in [1.54, 1.807) is 13.8 Å². The van der Waals surface area contributed by atoms with Crippen molar-refractivity contribution >= 4 is 12.7 Å². The molecule has 0 radical (unpaired) electrons. The zero-order chi connectivity index (χ0) is 7.44. The quantitative estimate of drug-likeness (QED) is 0.573. The van der Waals surface area contributed by atoms with Crippen LogP contribution in [0.2, 0.25) is 0 Å². The molecule has 0 aliphatic carbocycles. The molecule has 0 rings (SSSR count). The summed E-state index contributed by atoms with van der Waals surface area (Å²) in [5.74, 6) is -0.875. The second-order valence-electron chi connectivity index (χ2n) is 2.21. The third-order valence-corrected chi connectivity index (χ3v) is 1.08. The highest BCUT2D eigenvalue weighted by Crippen LogP contribution is 2.04. The van der Waals surface area contributed by atoms with Gasteiger partial charge in [0.15, 0.2) is 0 Å². The fourth-order valence-corrected chi connectivity index (χ4v) is 0.574. The zero-order valence-electron chi connectivity index (χ0n) is 5.66. The Labute approximate surface area is 54.4 Å². The molecule has 0 amide bonds. The average Bonchev–Trinajstić information content (AvgIpc) is 1.64. The molecule has 0 spiro atoms. The zero-order valence-corrected chi connectivity index (χ0v) is 5.66. The molecule has 0 aromatic heterocycles. The van der Waals surface area contributed by atoms with Gasteiger partial charge in [0.2, 0.25) is 0 Å². The van der Waals surface area contributed by atoms with Gasteiger partial charge in [0.1, 0.15) is 6.04 Å². The summed E-state index contributed by atoms with van der Waals surface area (Å²) in [7, 11) is 0. The first-order chi connectivity index (χ1) is 4.09. The van der Waals surface area contributed by atoms with Crippen LogP contribution in [0.4, 0.5) is 0 Å². The molecule has 3 nitrogen and oxygen atoms in total. The fourth-order valence-electron chi connectivity index (χ4n) is 0.574. The summed E-state index contributed by atoms with van der Waals surface area (Å²) in [6, 6.07) is -0.648. The molecule has 9 heavy (non-hydrogen) atoms. The number of nitrogens with zero attached hydrogens (tertiary/aromatic N) is 1. The SMILES string of the molecule is C=N[C@H](C(=O)O)C(C)C. The van der Waals surface area contributed by atoms with E-state index < -0.39 is 12.0 Å². The van der Waals surface area contributed by atoms with Crippen LogP contribution in [-0.4, -0.2) is 23.8 Å². The fraction of sp³-hybridized carbons (Fsp3) is 0.667. The number of carboxylic acids is 1. The van der Waals surface area contributed by atoms with Crippen LogP contribution < -0.4 is 0 Å². The Kier molecular flexibility index (Phi) is 2.91. The lowest BCUT2D eigenvalue weighted by atomic mass is 10.1. The van der Waals surface area contributed by atoms with Crippen LogP contribution in [0, 0.1) is 5.92 Å². The van der Waals surface area contributed by atoms with E-state index in [0.717, 1.165) is 0 Å². The highest BCUT2D eigenvalue weighted by molar-refractivity contribution is 5.74. The Balaban J connectivity index is 3.98. The molecular formula is C6H11NO2. The molecule has 0 aliphatic heterocycles. The van der Waals surface area contributed by atoms with Crippen LogP contribution in [0.15, 0.2) is 4.99 Å². The summed E-state index contributed by atoms with van der Waals surface area (Å²) < 4.78 is 0. The molecule has 0 bridgehead atoms. The van der Waals surface area contributed by atoms with E-state index >= 15 is 0 Å². The molecule has 0 saturated carbocycles. The van der Waals surface area contributed by atoms with Crippen molar-refractivity contribution in [1.29, 1.82) is 0 Å². The lowest BCUT2D eigenvalue weighted by molar-refractivity contribution is -0.139. The first-order valence-electron chi connectivity index (χ1n) is 2.78. The number of aliphatic carboxylic acids is 1. The van der Waals surface area contributed by atoms with Crippen LogP contribution in [0.25, 0.3) is 0 Å². The standard InChI is InChI=1S/C6H11NO2/c1-4(2)5(7-3)6(8)9/h4-5H,3H2,1-2H3,(H,8,9)/t5-/m0/s1. The maximum atomic E-state index is 10.2. The van der Waals surface area contributed by atoms with Gasteiger partial charge in [-0.25, -0.2) is 4.79 Å². The first kappa shape index (κ1) is 8.14. The van der Waals surface area contributed by atoms with E-state index in [4.69, 9.17) is 5.11 Å². The molecule has 1 N–H and O–H groups in total. The maximum absolute atomic E-state index is 10.2. The Morgan fingerprint density at radius 1 is 1.67 bits per heavy atom. The number of carboxylic acid groups (broad SMARTS) is 1. The largest absolute Gasteiger partial charge is 0.480 e. The van der Waals surface area contributed by atoms with Gasteiger partial charge in [-0.05, 0) is 12.6 Å². The highest BCUT2D eigenvalue weighted by atomic mass is 16.4. The lowest BCUT2D eigenvalue weighted by Crippen LogP contribution is -2.23. The van der Waals surface area contributed by atoms with Crippen molar-refractivity contribution in [3.8, 4) is 0 Å². The van der Waals surface area contributed by atoms with E-state index in [-0.39, 0.29) is 5.92 Å². The van der Waals surface area contributed by atoms with E-state index in [9.17, 15) is 4.79 Å². The van der Waals surface area contributed by atoms with Crippen molar-refractivity contribution in [2.75, 3.05) is 0 Å². The molecular weight excluding hydrogens is 118 g/mol. The summed E-state index contributed by atoms with van der Waals surface area (Å²) >= 11 is 0. The predicted octanol–water partition coefficient (Wildman–Crippen LogP) is 0.796. The molecule has 0 saturated heterocycles. The van der Waals surface area contributed by atoms with E-state index in [1.165, 1.54) is 0 Å². The molecule has 0 unspecified atom stereocenters. The minimum atomic E-state index is -0.903. The van der Waals surface area contributed by atoms with Gasteiger partial charge in [0.05, 0.1) is 0 Å². The second-order valence-corrected chi connectivity index (χ2v) is 2.21. The van der Waals surface area contributed by atoms with Gasteiger partial charge in [0, 0.05) is 0 Å². The number of hydrogen-bond donors (Lipinski definition) is 1. The Morgan fingerprint density at radius 2 is 2.11 bits per heavy atom.